The summed E-state index contributed by atoms with van der Waals surface area (Å²) >= 11 is 12.5. The highest BCUT2D eigenvalue weighted by atomic mass is 35.5. The number of nitrogens with one attached hydrogen (secondary N) is 1. The zero-order valence-electron chi connectivity index (χ0n) is 11.0. The van der Waals surface area contributed by atoms with E-state index in [2.05, 4.69) is 5.32 Å². The molecule has 19 heavy (non-hydrogen) atoms. The summed E-state index contributed by atoms with van der Waals surface area (Å²) < 4.78 is 0.756. The van der Waals surface area contributed by atoms with E-state index >= 15 is 0 Å². The highest BCUT2D eigenvalue weighted by Gasteiger charge is 2.09. The number of carbonyl (C=O) groups excluding carboxylic acids is 1. The van der Waals surface area contributed by atoms with Gasteiger partial charge in [-0.25, -0.2) is 0 Å². The van der Waals surface area contributed by atoms with Gasteiger partial charge in [-0.2, -0.15) is 0 Å². The molecule has 0 aromatic heterocycles. The summed E-state index contributed by atoms with van der Waals surface area (Å²) in [6, 6.07) is 7.08. The monoisotopic (exact) mass is 316 g/mol. The molecule has 0 atom stereocenters. The van der Waals surface area contributed by atoms with E-state index in [4.69, 9.17) is 23.8 Å². The molecule has 0 spiro atoms. The summed E-state index contributed by atoms with van der Waals surface area (Å²) in [5.74, 6) is 0.226. The Hall–Kier alpha value is -0.780. The quantitative estimate of drug-likeness (QED) is 0.841. The first-order valence-corrected chi connectivity index (χ1v) is 7.81. The number of rotatable bonds is 5. The van der Waals surface area contributed by atoms with Crippen LogP contribution in [-0.2, 0) is 4.79 Å². The minimum Gasteiger partial charge on any atom is -0.358 e. The number of carbonyl (C=O) groups is 1. The second-order valence-electron chi connectivity index (χ2n) is 3.79. The van der Waals surface area contributed by atoms with Gasteiger partial charge in [0.15, 0.2) is 0 Å². The van der Waals surface area contributed by atoms with Gasteiger partial charge >= 0.3 is 0 Å². The zero-order chi connectivity index (χ0) is 14.3. The molecule has 0 saturated carbocycles. The minimum atomic E-state index is -0.0817. The topological polar surface area (TPSA) is 32.3 Å². The van der Waals surface area contributed by atoms with Crippen LogP contribution in [0.5, 0.6) is 0 Å². The Bertz CT molecular complexity index is 450. The highest BCUT2D eigenvalue weighted by Crippen LogP contribution is 2.16. The number of anilines is 1. The number of thiocarbonyl (C=S) groups is 1. The fraction of sp³-hybridized carbons (Fsp3) is 0.385. The van der Waals surface area contributed by atoms with E-state index in [-0.39, 0.29) is 5.91 Å². The van der Waals surface area contributed by atoms with Crippen molar-refractivity contribution in [1.29, 1.82) is 0 Å². The van der Waals surface area contributed by atoms with Crippen molar-refractivity contribution in [3.05, 3.63) is 29.3 Å². The molecule has 0 aliphatic carbocycles. The van der Waals surface area contributed by atoms with Crippen LogP contribution in [0.4, 0.5) is 5.69 Å². The second kappa shape index (κ2) is 8.40. The highest BCUT2D eigenvalue weighted by molar-refractivity contribution is 8.23. The fourth-order valence-corrected chi connectivity index (χ4v) is 2.86. The lowest BCUT2D eigenvalue weighted by Crippen LogP contribution is -2.28. The first-order chi connectivity index (χ1) is 9.06. The molecule has 0 unspecified atom stereocenters. The molecule has 0 radical (unpaired) electrons. The lowest BCUT2D eigenvalue weighted by molar-refractivity contribution is -0.113. The molecule has 1 rings (SSSR count). The smallest absolute Gasteiger partial charge is 0.234 e. The van der Waals surface area contributed by atoms with Crippen LogP contribution >= 0.6 is 35.6 Å². The summed E-state index contributed by atoms with van der Waals surface area (Å²) in [7, 11) is 0. The maximum atomic E-state index is 11.8. The van der Waals surface area contributed by atoms with Crippen molar-refractivity contribution in [2.45, 2.75) is 13.8 Å². The Morgan fingerprint density at radius 3 is 2.68 bits per heavy atom. The standard InChI is InChI=1S/C13H17ClN2OS2/c1-3-16(4-2)13(18)19-9-12(17)15-11-7-5-6-10(14)8-11/h5-8H,3-4,9H2,1-2H3,(H,15,17). The van der Waals surface area contributed by atoms with E-state index in [9.17, 15) is 4.79 Å². The Balaban J connectivity index is 2.42. The van der Waals surface area contributed by atoms with Crippen molar-refractivity contribution in [3.63, 3.8) is 0 Å². The summed E-state index contributed by atoms with van der Waals surface area (Å²) in [5, 5.41) is 3.39. The molecule has 1 N–H and O–H groups in total. The molecular weight excluding hydrogens is 300 g/mol. The molecule has 0 fully saturated rings. The third-order valence-corrected chi connectivity index (χ3v) is 4.22. The molecule has 1 amide bonds. The third kappa shape index (κ3) is 5.80. The number of hydrogen-bond donors (Lipinski definition) is 1. The molecule has 6 heteroatoms. The van der Waals surface area contributed by atoms with Crippen LogP contribution in [0.2, 0.25) is 5.02 Å². The molecule has 0 aliphatic rings. The van der Waals surface area contributed by atoms with Gasteiger partial charge in [0, 0.05) is 23.8 Å². The van der Waals surface area contributed by atoms with Crippen LogP contribution in [0, 0.1) is 0 Å². The number of nitrogens with zero attached hydrogens (tertiary/aromatic N) is 1. The SMILES string of the molecule is CCN(CC)C(=S)SCC(=O)Nc1cccc(Cl)c1. The third-order valence-electron chi connectivity index (χ3n) is 2.46. The van der Waals surface area contributed by atoms with Crippen LogP contribution < -0.4 is 5.32 Å². The maximum absolute atomic E-state index is 11.8. The number of amides is 1. The number of halogens is 1. The van der Waals surface area contributed by atoms with Gasteiger partial charge < -0.3 is 10.2 Å². The molecule has 0 aliphatic heterocycles. The van der Waals surface area contributed by atoms with E-state index in [1.165, 1.54) is 11.8 Å². The lowest BCUT2D eigenvalue weighted by Gasteiger charge is -2.20. The fourth-order valence-electron chi connectivity index (χ4n) is 1.46. The van der Waals surface area contributed by atoms with Gasteiger partial charge in [0.05, 0.1) is 5.75 Å². The van der Waals surface area contributed by atoms with Crippen molar-refractivity contribution < 1.29 is 4.79 Å². The second-order valence-corrected chi connectivity index (χ2v) is 5.83. The van der Waals surface area contributed by atoms with E-state index in [0.717, 1.165) is 17.4 Å². The summed E-state index contributed by atoms with van der Waals surface area (Å²) in [4.78, 5) is 13.8. The van der Waals surface area contributed by atoms with Crippen LogP contribution in [0.3, 0.4) is 0 Å². The summed E-state index contributed by atoms with van der Waals surface area (Å²) in [5.41, 5.74) is 0.701. The Morgan fingerprint density at radius 2 is 2.11 bits per heavy atom. The van der Waals surface area contributed by atoms with Gasteiger partial charge in [0.1, 0.15) is 4.32 Å². The van der Waals surface area contributed by atoms with Crippen molar-refractivity contribution in [1.82, 2.24) is 4.90 Å². The summed E-state index contributed by atoms with van der Waals surface area (Å²) in [6.45, 7) is 5.81. The van der Waals surface area contributed by atoms with Gasteiger partial charge in [0.25, 0.3) is 0 Å². The predicted molar refractivity (Wildman–Crippen MR) is 88.1 cm³/mol. The zero-order valence-corrected chi connectivity index (χ0v) is 13.4. The largest absolute Gasteiger partial charge is 0.358 e. The average Bonchev–Trinajstić information content (AvgIpc) is 2.38. The molecule has 1 aromatic carbocycles. The van der Waals surface area contributed by atoms with Gasteiger partial charge in [-0.05, 0) is 32.0 Å². The van der Waals surface area contributed by atoms with Crippen molar-refractivity contribution in [2.24, 2.45) is 0 Å². The Morgan fingerprint density at radius 1 is 1.42 bits per heavy atom. The first kappa shape index (κ1) is 16.3. The normalized spacial score (nSPS) is 10.1. The average molecular weight is 317 g/mol. The van der Waals surface area contributed by atoms with E-state index in [1.54, 1.807) is 24.3 Å². The predicted octanol–water partition coefficient (Wildman–Crippen LogP) is 3.64. The van der Waals surface area contributed by atoms with E-state index in [0.29, 0.717) is 16.5 Å². The van der Waals surface area contributed by atoms with Gasteiger partial charge in [-0.1, -0.05) is 41.6 Å². The maximum Gasteiger partial charge on any atom is 0.234 e. The van der Waals surface area contributed by atoms with Crippen LogP contribution in [-0.4, -0.2) is 34.0 Å². The van der Waals surface area contributed by atoms with Crippen LogP contribution in [0.25, 0.3) is 0 Å². The minimum absolute atomic E-state index is 0.0817. The molecule has 3 nitrogen and oxygen atoms in total. The first-order valence-electron chi connectivity index (χ1n) is 6.04. The Kier molecular flexibility index (Phi) is 7.20. The van der Waals surface area contributed by atoms with Crippen molar-refractivity contribution in [3.8, 4) is 0 Å². The van der Waals surface area contributed by atoms with Crippen molar-refractivity contribution >= 4 is 51.5 Å². The number of hydrogen-bond acceptors (Lipinski definition) is 3. The van der Waals surface area contributed by atoms with Crippen LogP contribution in [0.1, 0.15) is 13.8 Å². The van der Waals surface area contributed by atoms with E-state index < -0.39 is 0 Å². The number of benzene rings is 1. The summed E-state index contributed by atoms with van der Waals surface area (Å²) in [6.07, 6.45) is 0. The number of thioether (sulfide) groups is 1. The van der Waals surface area contributed by atoms with Gasteiger partial charge in [-0.3, -0.25) is 4.79 Å². The molecule has 0 bridgehead atoms. The molecule has 104 valence electrons. The molecule has 0 saturated heterocycles. The van der Waals surface area contributed by atoms with E-state index in [1.807, 2.05) is 18.7 Å². The van der Waals surface area contributed by atoms with Gasteiger partial charge in [0.2, 0.25) is 5.91 Å². The lowest BCUT2D eigenvalue weighted by atomic mass is 10.3. The molecular formula is C13H17ClN2OS2. The Labute approximate surface area is 128 Å². The van der Waals surface area contributed by atoms with Gasteiger partial charge in [-0.15, -0.1) is 0 Å². The van der Waals surface area contributed by atoms with Crippen molar-refractivity contribution in [2.75, 3.05) is 24.2 Å². The molecule has 1 aromatic rings. The molecule has 0 heterocycles. The van der Waals surface area contributed by atoms with Crippen LogP contribution in [0.15, 0.2) is 24.3 Å².